The Labute approximate surface area is 196 Å². The zero-order valence-corrected chi connectivity index (χ0v) is 19.7. The van der Waals surface area contributed by atoms with E-state index in [1.807, 2.05) is 17.5 Å². The van der Waals surface area contributed by atoms with Gasteiger partial charge in [0.05, 0.1) is 33.1 Å². The lowest BCUT2D eigenvalue weighted by molar-refractivity contribution is -0.115. The molecule has 1 aromatic heterocycles. The van der Waals surface area contributed by atoms with E-state index in [1.165, 1.54) is 11.3 Å². The molecule has 0 radical (unpaired) electrons. The van der Waals surface area contributed by atoms with E-state index in [0.29, 0.717) is 40.2 Å². The van der Waals surface area contributed by atoms with Crippen molar-refractivity contribution in [1.29, 1.82) is 0 Å². The van der Waals surface area contributed by atoms with Crippen LogP contribution in [0.4, 0.5) is 5.13 Å². The predicted octanol–water partition coefficient (Wildman–Crippen LogP) is 4.37. The van der Waals surface area contributed by atoms with E-state index in [0.717, 1.165) is 18.4 Å². The molecule has 0 fully saturated rings. The fourth-order valence-corrected chi connectivity index (χ4v) is 3.66. The Morgan fingerprint density at radius 3 is 2.48 bits per heavy atom. The molecule has 0 saturated heterocycles. The van der Waals surface area contributed by atoms with Gasteiger partial charge in [0.25, 0.3) is 5.91 Å². The molecular formula is C24H27N3O5S. The van der Waals surface area contributed by atoms with E-state index in [-0.39, 0.29) is 18.4 Å². The quantitative estimate of drug-likeness (QED) is 0.405. The number of carbonyl (C=O) groups excluding carboxylic acids is 2. The Bertz CT molecular complexity index is 1080. The van der Waals surface area contributed by atoms with Crippen LogP contribution in [0.5, 0.6) is 17.2 Å². The van der Waals surface area contributed by atoms with Crippen LogP contribution in [0.2, 0.25) is 0 Å². The molecule has 0 bridgehead atoms. The molecule has 2 N–H and O–H groups in total. The molecule has 1 heterocycles. The molecular weight excluding hydrogens is 442 g/mol. The minimum absolute atomic E-state index is 0.168. The lowest BCUT2D eigenvalue weighted by Crippen LogP contribution is -2.32. The van der Waals surface area contributed by atoms with E-state index in [4.69, 9.17) is 14.2 Å². The first kappa shape index (κ1) is 24.1. The fourth-order valence-electron chi connectivity index (χ4n) is 2.92. The van der Waals surface area contributed by atoms with E-state index in [9.17, 15) is 9.59 Å². The van der Waals surface area contributed by atoms with E-state index in [1.54, 1.807) is 44.6 Å². The molecule has 0 atom stereocenters. The van der Waals surface area contributed by atoms with Gasteiger partial charge in [0.2, 0.25) is 5.91 Å². The maximum absolute atomic E-state index is 12.3. The van der Waals surface area contributed by atoms with E-state index < -0.39 is 0 Å². The lowest BCUT2D eigenvalue weighted by atomic mass is 10.1. The normalized spacial score (nSPS) is 10.4. The summed E-state index contributed by atoms with van der Waals surface area (Å²) in [6.07, 6.45) is 2.04. The Kier molecular flexibility index (Phi) is 8.65. The van der Waals surface area contributed by atoms with Gasteiger partial charge in [-0.3, -0.25) is 9.59 Å². The number of thiazole rings is 1. The van der Waals surface area contributed by atoms with Crippen molar-refractivity contribution in [2.75, 3.05) is 32.7 Å². The van der Waals surface area contributed by atoms with Crippen LogP contribution in [0.3, 0.4) is 0 Å². The second kappa shape index (κ2) is 11.9. The Morgan fingerprint density at radius 1 is 1.03 bits per heavy atom. The highest BCUT2D eigenvalue weighted by Gasteiger charge is 2.12. The summed E-state index contributed by atoms with van der Waals surface area (Å²) >= 11 is 1.29. The molecule has 2 aromatic carbocycles. The highest BCUT2D eigenvalue weighted by Crippen LogP contribution is 2.33. The molecule has 3 aromatic rings. The number of methoxy groups -OCH3 is 2. The van der Waals surface area contributed by atoms with Crippen LogP contribution in [-0.4, -0.2) is 44.2 Å². The lowest BCUT2D eigenvalue weighted by Gasteiger charge is -2.08. The van der Waals surface area contributed by atoms with Gasteiger partial charge in [0, 0.05) is 16.5 Å². The number of nitrogens with zero attached hydrogens (tertiary/aromatic N) is 1. The third-order valence-electron chi connectivity index (χ3n) is 4.72. The highest BCUT2D eigenvalue weighted by atomic mass is 32.1. The number of amides is 2. The Balaban J connectivity index is 1.51. The maximum atomic E-state index is 12.3. The van der Waals surface area contributed by atoms with Gasteiger partial charge in [-0.05, 0) is 48.9 Å². The van der Waals surface area contributed by atoms with Crippen LogP contribution in [0.1, 0.15) is 30.1 Å². The summed E-state index contributed by atoms with van der Waals surface area (Å²) in [5.41, 5.74) is 1.98. The summed E-state index contributed by atoms with van der Waals surface area (Å²) in [7, 11) is 3.14. The number of benzene rings is 2. The molecule has 0 aliphatic heterocycles. The van der Waals surface area contributed by atoms with Gasteiger partial charge in [-0.15, -0.1) is 11.3 Å². The largest absolute Gasteiger partial charge is 0.494 e. The number of carbonyl (C=O) groups is 2. The summed E-state index contributed by atoms with van der Waals surface area (Å²) in [6, 6.07) is 12.3. The van der Waals surface area contributed by atoms with Gasteiger partial charge in [0.1, 0.15) is 5.75 Å². The average Bonchev–Trinajstić information content (AvgIpc) is 3.31. The number of hydrogen-bond donors (Lipinski definition) is 2. The minimum atomic E-state index is -0.365. The smallest absolute Gasteiger partial charge is 0.251 e. The molecule has 0 unspecified atom stereocenters. The molecule has 174 valence electrons. The van der Waals surface area contributed by atoms with Crippen molar-refractivity contribution in [1.82, 2.24) is 10.3 Å². The van der Waals surface area contributed by atoms with Crippen LogP contribution in [-0.2, 0) is 4.79 Å². The molecule has 3 rings (SSSR count). The van der Waals surface area contributed by atoms with Crippen molar-refractivity contribution in [3.8, 4) is 28.5 Å². The summed E-state index contributed by atoms with van der Waals surface area (Å²) < 4.78 is 16.2. The van der Waals surface area contributed by atoms with Gasteiger partial charge in [-0.1, -0.05) is 13.3 Å². The van der Waals surface area contributed by atoms with Crippen LogP contribution in [0, 0.1) is 0 Å². The SMILES string of the molecule is CCCCOc1ccc(C(=O)NCC(=O)Nc2nc(-c3ccc(OC)c(OC)c3)cs2)cc1. The van der Waals surface area contributed by atoms with E-state index in [2.05, 4.69) is 22.5 Å². The van der Waals surface area contributed by atoms with Crippen molar-refractivity contribution >= 4 is 28.3 Å². The second-order valence-electron chi connectivity index (χ2n) is 7.06. The summed E-state index contributed by atoms with van der Waals surface area (Å²) in [5.74, 6) is 1.23. The monoisotopic (exact) mass is 469 g/mol. The van der Waals surface area contributed by atoms with Gasteiger partial charge in [0.15, 0.2) is 16.6 Å². The van der Waals surface area contributed by atoms with Crippen molar-refractivity contribution in [2.45, 2.75) is 19.8 Å². The number of ether oxygens (including phenoxy) is 3. The predicted molar refractivity (Wildman–Crippen MR) is 128 cm³/mol. The topological polar surface area (TPSA) is 98.8 Å². The van der Waals surface area contributed by atoms with Crippen molar-refractivity contribution in [2.24, 2.45) is 0 Å². The molecule has 0 aliphatic carbocycles. The summed E-state index contributed by atoms with van der Waals surface area (Å²) in [5, 5.41) is 7.59. The third kappa shape index (κ3) is 6.69. The number of anilines is 1. The number of rotatable bonds is 11. The summed E-state index contributed by atoms with van der Waals surface area (Å²) in [4.78, 5) is 29.0. The first-order valence-electron chi connectivity index (χ1n) is 10.5. The molecule has 8 nitrogen and oxygen atoms in total. The first-order chi connectivity index (χ1) is 16.0. The van der Waals surface area contributed by atoms with Gasteiger partial charge in [-0.2, -0.15) is 0 Å². The zero-order chi connectivity index (χ0) is 23.6. The minimum Gasteiger partial charge on any atom is -0.494 e. The molecule has 2 amide bonds. The standard InChI is InChI=1S/C24H27N3O5S/c1-4-5-12-32-18-9-6-16(7-10-18)23(29)25-14-22(28)27-24-26-19(15-33-24)17-8-11-20(30-2)21(13-17)31-3/h6-11,13,15H,4-5,12,14H2,1-3H3,(H,25,29)(H,26,27,28). The van der Waals surface area contributed by atoms with Crippen LogP contribution < -0.4 is 24.8 Å². The van der Waals surface area contributed by atoms with Gasteiger partial charge >= 0.3 is 0 Å². The fraction of sp³-hybridized carbons (Fsp3) is 0.292. The van der Waals surface area contributed by atoms with Crippen molar-refractivity contribution in [3.63, 3.8) is 0 Å². The van der Waals surface area contributed by atoms with Gasteiger partial charge in [-0.25, -0.2) is 4.98 Å². The van der Waals surface area contributed by atoms with Gasteiger partial charge < -0.3 is 24.8 Å². The highest BCUT2D eigenvalue weighted by molar-refractivity contribution is 7.14. The van der Waals surface area contributed by atoms with Crippen LogP contribution in [0.25, 0.3) is 11.3 Å². The third-order valence-corrected chi connectivity index (χ3v) is 5.48. The number of aromatic nitrogens is 1. The first-order valence-corrected chi connectivity index (χ1v) is 11.4. The van der Waals surface area contributed by atoms with Crippen LogP contribution >= 0.6 is 11.3 Å². The average molecular weight is 470 g/mol. The zero-order valence-electron chi connectivity index (χ0n) is 18.8. The second-order valence-corrected chi connectivity index (χ2v) is 7.92. The molecule has 33 heavy (non-hydrogen) atoms. The molecule has 0 aliphatic rings. The van der Waals surface area contributed by atoms with Crippen LogP contribution in [0.15, 0.2) is 47.8 Å². The number of nitrogens with one attached hydrogen (secondary N) is 2. The molecule has 0 saturated carbocycles. The van der Waals surface area contributed by atoms with Crippen molar-refractivity contribution < 1.29 is 23.8 Å². The number of unbranched alkanes of at least 4 members (excludes halogenated alkanes) is 1. The molecule has 0 spiro atoms. The Hall–Kier alpha value is -3.59. The molecule has 9 heteroatoms. The van der Waals surface area contributed by atoms with Crippen molar-refractivity contribution in [3.05, 3.63) is 53.4 Å². The summed E-state index contributed by atoms with van der Waals surface area (Å²) in [6.45, 7) is 2.57. The number of hydrogen-bond acceptors (Lipinski definition) is 7. The van der Waals surface area contributed by atoms with E-state index >= 15 is 0 Å². The Morgan fingerprint density at radius 2 is 1.79 bits per heavy atom. The maximum Gasteiger partial charge on any atom is 0.251 e.